The van der Waals surface area contributed by atoms with E-state index >= 15 is 0 Å². The number of carbonyl (C=O) groups excluding carboxylic acids is 1. The van der Waals surface area contributed by atoms with Crippen LogP contribution in [0.15, 0.2) is 30.3 Å². The Kier molecular flexibility index (Phi) is 3.35. The van der Waals surface area contributed by atoms with Crippen LogP contribution in [-0.4, -0.2) is 22.9 Å². The minimum atomic E-state index is 0.381. The molecule has 3 rings (SSSR count). The van der Waals surface area contributed by atoms with Gasteiger partial charge in [-0.3, -0.25) is 4.79 Å². The summed E-state index contributed by atoms with van der Waals surface area (Å²) in [4.78, 5) is 14.6. The molecule has 2 nitrogen and oxygen atoms in total. The molecule has 2 aliphatic rings. The first-order valence-electron chi connectivity index (χ1n) is 7.19. The maximum atomic E-state index is 12.4. The van der Waals surface area contributed by atoms with Crippen molar-refractivity contribution in [2.75, 3.05) is 0 Å². The number of amides is 1. The van der Waals surface area contributed by atoms with Crippen molar-refractivity contribution in [3.8, 4) is 0 Å². The lowest BCUT2D eigenvalue weighted by Crippen LogP contribution is -2.44. The minimum absolute atomic E-state index is 0.381. The summed E-state index contributed by atoms with van der Waals surface area (Å²) in [5.74, 6) is 0.381. The first-order chi connectivity index (χ1) is 8.84. The molecule has 0 radical (unpaired) electrons. The van der Waals surface area contributed by atoms with E-state index in [-0.39, 0.29) is 0 Å². The number of piperidine rings is 1. The van der Waals surface area contributed by atoms with E-state index in [2.05, 4.69) is 17.0 Å². The standard InChI is InChI=1S/C16H21NO/c18-16(12-9-13-5-2-1-3-6-13)17-14-7-4-8-15(17)11-10-14/h1-3,5-6,14-15H,4,7-12H2. The lowest BCUT2D eigenvalue weighted by Gasteiger charge is -2.35. The molecule has 2 bridgehead atoms. The smallest absolute Gasteiger partial charge is 0.223 e. The molecule has 2 saturated heterocycles. The molecular weight excluding hydrogens is 222 g/mol. The second-order valence-electron chi connectivity index (χ2n) is 5.60. The van der Waals surface area contributed by atoms with Crippen LogP contribution in [0.4, 0.5) is 0 Å². The molecule has 0 saturated carbocycles. The summed E-state index contributed by atoms with van der Waals surface area (Å²) < 4.78 is 0. The zero-order valence-corrected chi connectivity index (χ0v) is 10.8. The van der Waals surface area contributed by atoms with Crippen molar-refractivity contribution in [3.63, 3.8) is 0 Å². The summed E-state index contributed by atoms with van der Waals surface area (Å²) in [6, 6.07) is 11.5. The van der Waals surface area contributed by atoms with Gasteiger partial charge in [0.1, 0.15) is 0 Å². The number of nitrogens with zero attached hydrogens (tertiary/aromatic N) is 1. The van der Waals surface area contributed by atoms with Crippen LogP contribution in [0.1, 0.15) is 44.1 Å². The van der Waals surface area contributed by atoms with Gasteiger partial charge in [-0.1, -0.05) is 30.3 Å². The summed E-state index contributed by atoms with van der Waals surface area (Å²) >= 11 is 0. The van der Waals surface area contributed by atoms with Crippen molar-refractivity contribution in [1.82, 2.24) is 4.90 Å². The number of hydrogen-bond donors (Lipinski definition) is 0. The fraction of sp³-hybridized carbons (Fsp3) is 0.562. The van der Waals surface area contributed by atoms with E-state index in [0.717, 1.165) is 6.42 Å². The molecule has 0 aromatic heterocycles. The van der Waals surface area contributed by atoms with Crippen LogP contribution in [0.3, 0.4) is 0 Å². The molecule has 2 fully saturated rings. The van der Waals surface area contributed by atoms with E-state index in [0.29, 0.717) is 24.4 Å². The van der Waals surface area contributed by atoms with Crippen molar-refractivity contribution in [2.45, 2.75) is 57.0 Å². The molecule has 2 atom stereocenters. The second kappa shape index (κ2) is 5.13. The van der Waals surface area contributed by atoms with Crippen molar-refractivity contribution in [3.05, 3.63) is 35.9 Å². The van der Waals surface area contributed by atoms with Gasteiger partial charge in [-0.05, 0) is 44.1 Å². The Morgan fingerprint density at radius 3 is 2.39 bits per heavy atom. The van der Waals surface area contributed by atoms with E-state index in [1.165, 1.54) is 37.7 Å². The van der Waals surface area contributed by atoms with Crippen molar-refractivity contribution in [1.29, 1.82) is 0 Å². The monoisotopic (exact) mass is 243 g/mol. The fourth-order valence-electron chi connectivity index (χ4n) is 3.55. The van der Waals surface area contributed by atoms with E-state index in [9.17, 15) is 4.79 Å². The highest BCUT2D eigenvalue weighted by Gasteiger charge is 2.38. The van der Waals surface area contributed by atoms with Crippen LogP contribution in [0, 0.1) is 0 Å². The molecule has 96 valence electrons. The van der Waals surface area contributed by atoms with E-state index in [4.69, 9.17) is 0 Å². The van der Waals surface area contributed by atoms with E-state index < -0.39 is 0 Å². The summed E-state index contributed by atoms with van der Waals surface area (Å²) in [5, 5.41) is 0. The molecule has 2 unspecified atom stereocenters. The van der Waals surface area contributed by atoms with E-state index in [1.54, 1.807) is 0 Å². The molecule has 0 N–H and O–H groups in total. The molecule has 2 heteroatoms. The molecule has 2 heterocycles. The van der Waals surface area contributed by atoms with Crippen LogP contribution < -0.4 is 0 Å². The maximum Gasteiger partial charge on any atom is 0.223 e. The van der Waals surface area contributed by atoms with Crippen LogP contribution in [0.25, 0.3) is 0 Å². The third-order valence-electron chi connectivity index (χ3n) is 4.45. The highest BCUT2D eigenvalue weighted by atomic mass is 16.2. The first kappa shape index (κ1) is 11.8. The lowest BCUT2D eigenvalue weighted by molar-refractivity contribution is -0.135. The highest BCUT2D eigenvalue weighted by molar-refractivity contribution is 5.77. The van der Waals surface area contributed by atoms with E-state index in [1.807, 2.05) is 18.2 Å². The predicted molar refractivity (Wildman–Crippen MR) is 72.3 cm³/mol. The third-order valence-corrected chi connectivity index (χ3v) is 4.45. The van der Waals surface area contributed by atoms with Crippen molar-refractivity contribution >= 4 is 5.91 Å². The fourth-order valence-corrected chi connectivity index (χ4v) is 3.55. The average Bonchev–Trinajstić information content (AvgIpc) is 2.67. The van der Waals surface area contributed by atoms with Gasteiger partial charge >= 0.3 is 0 Å². The number of hydrogen-bond acceptors (Lipinski definition) is 1. The van der Waals surface area contributed by atoms with Gasteiger partial charge in [0.05, 0.1) is 0 Å². The summed E-state index contributed by atoms with van der Waals surface area (Å²) in [6.45, 7) is 0. The van der Waals surface area contributed by atoms with Crippen LogP contribution >= 0.6 is 0 Å². The molecule has 18 heavy (non-hydrogen) atoms. The normalized spacial score (nSPS) is 26.3. The Labute approximate surface area is 109 Å². The SMILES string of the molecule is O=C(CCc1ccccc1)N1C2CCCC1CC2. The number of rotatable bonds is 3. The number of benzene rings is 1. The van der Waals surface area contributed by atoms with Gasteiger partial charge in [-0.2, -0.15) is 0 Å². The second-order valence-corrected chi connectivity index (χ2v) is 5.60. The molecule has 2 aliphatic heterocycles. The van der Waals surface area contributed by atoms with Crippen LogP contribution in [0.5, 0.6) is 0 Å². The van der Waals surface area contributed by atoms with Gasteiger partial charge in [0, 0.05) is 18.5 Å². The predicted octanol–water partition coefficient (Wildman–Crippen LogP) is 3.16. The zero-order valence-electron chi connectivity index (χ0n) is 10.8. The third kappa shape index (κ3) is 2.29. The van der Waals surface area contributed by atoms with Gasteiger partial charge in [0.25, 0.3) is 0 Å². The Bertz CT molecular complexity index is 398. The van der Waals surface area contributed by atoms with Gasteiger partial charge < -0.3 is 4.90 Å². The first-order valence-corrected chi connectivity index (χ1v) is 7.19. The Morgan fingerprint density at radius 1 is 1.06 bits per heavy atom. The molecule has 1 aromatic rings. The lowest BCUT2D eigenvalue weighted by atomic mass is 10.0. The molecular formula is C16H21NO. The number of aryl methyl sites for hydroxylation is 1. The van der Waals surface area contributed by atoms with Gasteiger partial charge in [0.15, 0.2) is 0 Å². The topological polar surface area (TPSA) is 20.3 Å². The van der Waals surface area contributed by atoms with Crippen molar-refractivity contribution < 1.29 is 4.79 Å². The molecule has 0 spiro atoms. The molecule has 1 amide bonds. The molecule has 1 aromatic carbocycles. The Hall–Kier alpha value is -1.31. The quantitative estimate of drug-likeness (QED) is 0.798. The molecule has 0 aliphatic carbocycles. The largest absolute Gasteiger partial charge is 0.337 e. The minimum Gasteiger partial charge on any atom is -0.337 e. The summed E-state index contributed by atoms with van der Waals surface area (Å²) in [5.41, 5.74) is 1.27. The highest BCUT2D eigenvalue weighted by Crippen LogP contribution is 2.35. The van der Waals surface area contributed by atoms with Crippen LogP contribution in [0.2, 0.25) is 0 Å². The summed E-state index contributed by atoms with van der Waals surface area (Å²) in [6.07, 6.45) is 7.81. The Balaban J connectivity index is 1.59. The van der Waals surface area contributed by atoms with Gasteiger partial charge in [0.2, 0.25) is 5.91 Å². The number of carbonyl (C=O) groups is 1. The Morgan fingerprint density at radius 2 is 1.72 bits per heavy atom. The van der Waals surface area contributed by atoms with Crippen LogP contribution in [-0.2, 0) is 11.2 Å². The summed E-state index contributed by atoms with van der Waals surface area (Å²) in [7, 11) is 0. The van der Waals surface area contributed by atoms with Gasteiger partial charge in [-0.25, -0.2) is 0 Å². The van der Waals surface area contributed by atoms with Crippen molar-refractivity contribution in [2.24, 2.45) is 0 Å². The number of fused-ring (bicyclic) bond motifs is 2. The zero-order chi connectivity index (χ0) is 12.4. The van der Waals surface area contributed by atoms with Gasteiger partial charge in [-0.15, -0.1) is 0 Å². The average molecular weight is 243 g/mol. The maximum absolute atomic E-state index is 12.4.